The molecule has 1 atom stereocenters. The van der Waals surface area contributed by atoms with Crippen molar-refractivity contribution < 1.29 is 9.90 Å². The molecule has 0 radical (unpaired) electrons. The van der Waals surface area contributed by atoms with E-state index in [-0.39, 0.29) is 11.9 Å². The zero-order valence-electron chi connectivity index (χ0n) is 14.1. The fourth-order valence-electron chi connectivity index (χ4n) is 3.71. The van der Waals surface area contributed by atoms with Crippen molar-refractivity contribution in [1.29, 1.82) is 0 Å². The van der Waals surface area contributed by atoms with Crippen LogP contribution in [0, 0.1) is 0 Å². The van der Waals surface area contributed by atoms with Crippen LogP contribution in [0.15, 0.2) is 30.6 Å². The van der Waals surface area contributed by atoms with Crippen LogP contribution in [-0.4, -0.2) is 50.7 Å². The quantitative estimate of drug-likeness (QED) is 0.783. The third-order valence-corrected chi connectivity index (χ3v) is 5.18. The zero-order valence-corrected chi connectivity index (χ0v) is 14.1. The summed E-state index contributed by atoms with van der Waals surface area (Å²) in [6, 6.07) is 5.81. The molecule has 2 aromatic heterocycles. The summed E-state index contributed by atoms with van der Waals surface area (Å²) in [4.78, 5) is 26.6. The highest BCUT2D eigenvalue weighted by Crippen LogP contribution is 2.30. The number of aromatic nitrogens is 3. The standard InChI is InChI=1S/C18H23N5O2/c24-16(18(25)7-1-2-8-18)21-13-6-11-23(12-13)17-20-10-5-15(22-17)14-4-3-9-19-14/h3-5,9-10,13,19,25H,1-2,6-8,11-12H2,(H,21,24). The molecule has 0 spiro atoms. The number of hydrogen-bond donors (Lipinski definition) is 3. The summed E-state index contributed by atoms with van der Waals surface area (Å²) in [6.07, 6.45) is 7.42. The molecule has 0 aromatic carbocycles. The van der Waals surface area contributed by atoms with Gasteiger partial charge >= 0.3 is 0 Å². The average Bonchev–Trinajstić information content (AvgIpc) is 3.37. The van der Waals surface area contributed by atoms with Crippen LogP contribution < -0.4 is 10.2 Å². The molecule has 4 rings (SSSR count). The van der Waals surface area contributed by atoms with Crippen molar-refractivity contribution in [2.45, 2.75) is 43.7 Å². The number of rotatable bonds is 4. The van der Waals surface area contributed by atoms with Gasteiger partial charge in [0.05, 0.1) is 11.4 Å². The van der Waals surface area contributed by atoms with Crippen molar-refractivity contribution in [3.05, 3.63) is 30.6 Å². The first-order valence-corrected chi connectivity index (χ1v) is 8.89. The first-order chi connectivity index (χ1) is 12.1. The Morgan fingerprint density at radius 2 is 2.20 bits per heavy atom. The van der Waals surface area contributed by atoms with E-state index in [0.717, 1.165) is 37.2 Å². The van der Waals surface area contributed by atoms with Gasteiger partial charge in [0.25, 0.3) is 5.91 Å². The van der Waals surface area contributed by atoms with Gasteiger partial charge in [-0.3, -0.25) is 4.79 Å². The molecule has 132 valence electrons. The molecule has 2 aliphatic rings. The monoisotopic (exact) mass is 341 g/mol. The molecule has 1 saturated carbocycles. The Kier molecular flexibility index (Phi) is 4.17. The maximum absolute atomic E-state index is 12.4. The average molecular weight is 341 g/mol. The van der Waals surface area contributed by atoms with Gasteiger partial charge in [0.2, 0.25) is 5.95 Å². The summed E-state index contributed by atoms with van der Waals surface area (Å²) in [6.45, 7) is 1.45. The fraction of sp³-hybridized carbons (Fsp3) is 0.500. The van der Waals surface area contributed by atoms with E-state index in [1.54, 1.807) is 6.20 Å². The molecule has 7 nitrogen and oxygen atoms in total. The van der Waals surface area contributed by atoms with Crippen molar-refractivity contribution in [3.63, 3.8) is 0 Å². The first kappa shape index (κ1) is 16.1. The maximum atomic E-state index is 12.4. The van der Waals surface area contributed by atoms with Crippen LogP contribution in [0.3, 0.4) is 0 Å². The Hall–Kier alpha value is -2.41. The lowest BCUT2D eigenvalue weighted by atomic mass is 10.0. The van der Waals surface area contributed by atoms with Crippen molar-refractivity contribution in [3.8, 4) is 11.4 Å². The lowest BCUT2D eigenvalue weighted by Crippen LogP contribution is -2.49. The van der Waals surface area contributed by atoms with Crippen LogP contribution in [0.25, 0.3) is 11.4 Å². The molecular weight excluding hydrogens is 318 g/mol. The van der Waals surface area contributed by atoms with Crippen LogP contribution in [-0.2, 0) is 4.79 Å². The van der Waals surface area contributed by atoms with Gasteiger partial charge < -0.3 is 20.3 Å². The lowest BCUT2D eigenvalue weighted by Gasteiger charge is -2.24. The van der Waals surface area contributed by atoms with Gasteiger partial charge in [0.15, 0.2) is 0 Å². The number of aliphatic hydroxyl groups is 1. The highest BCUT2D eigenvalue weighted by atomic mass is 16.3. The minimum atomic E-state index is -1.17. The second kappa shape index (κ2) is 6.48. The molecule has 3 heterocycles. The van der Waals surface area contributed by atoms with Crippen LogP contribution >= 0.6 is 0 Å². The maximum Gasteiger partial charge on any atom is 0.252 e. The number of H-pyrrole nitrogens is 1. The Balaban J connectivity index is 1.41. The summed E-state index contributed by atoms with van der Waals surface area (Å²) in [5.74, 6) is 0.446. The molecule has 1 aliphatic heterocycles. The molecule has 1 amide bonds. The van der Waals surface area contributed by atoms with Crippen LogP contribution in [0.4, 0.5) is 5.95 Å². The van der Waals surface area contributed by atoms with Crippen molar-refractivity contribution >= 4 is 11.9 Å². The van der Waals surface area contributed by atoms with Gasteiger partial charge in [0, 0.05) is 31.5 Å². The molecule has 25 heavy (non-hydrogen) atoms. The van der Waals surface area contributed by atoms with Gasteiger partial charge in [-0.25, -0.2) is 9.97 Å². The number of anilines is 1. The molecule has 0 bridgehead atoms. The van der Waals surface area contributed by atoms with E-state index >= 15 is 0 Å². The summed E-state index contributed by atoms with van der Waals surface area (Å²) < 4.78 is 0. The SMILES string of the molecule is O=C(NC1CCN(c2nccc(-c3ccc[nH]3)n2)C1)C1(O)CCCC1. The molecule has 1 aliphatic carbocycles. The number of carbonyl (C=O) groups is 1. The van der Waals surface area contributed by atoms with E-state index in [0.29, 0.717) is 25.3 Å². The second-order valence-corrected chi connectivity index (χ2v) is 6.97. The predicted molar refractivity (Wildman–Crippen MR) is 94.0 cm³/mol. The van der Waals surface area contributed by atoms with Gasteiger partial charge in [-0.05, 0) is 50.3 Å². The van der Waals surface area contributed by atoms with Gasteiger partial charge in [-0.2, -0.15) is 0 Å². The Labute approximate surface area is 146 Å². The van der Waals surface area contributed by atoms with Gasteiger partial charge in [0.1, 0.15) is 5.60 Å². The molecule has 1 saturated heterocycles. The minimum absolute atomic E-state index is 0.0230. The Morgan fingerprint density at radius 3 is 2.96 bits per heavy atom. The van der Waals surface area contributed by atoms with Crippen molar-refractivity contribution in [2.75, 3.05) is 18.0 Å². The zero-order chi connectivity index (χ0) is 17.3. The highest BCUT2D eigenvalue weighted by Gasteiger charge is 2.40. The summed E-state index contributed by atoms with van der Waals surface area (Å²) in [5.41, 5.74) is 0.635. The summed E-state index contributed by atoms with van der Waals surface area (Å²) in [7, 11) is 0. The van der Waals surface area contributed by atoms with Crippen molar-refractivity contribution in [2.24, 2.45) is 0 Å². The molecular formula is C18H23N5O2. The predicted octanol–water partition coefficient (Wildman–Crippen LogP) is 1.47. The number of nitrogens with zero attached hydrogens (tertiary/aromatic N) is 3. The molecule has 2 aromatic rings. The molecule has 7 heteroatoms. The summed E-state index contributed by atoms with van der Waals surface area (Å²) >= 11 is 0. The number of amides is 1. The highest BCUT2D eigenvalue weighted by molar-refractivity contribution is 5.85. The van der Waals surface area contributed by atoms with E-state index in [9.17, 15) is 9.90 Å². The van der Waals surface area contributed by atoms with E-state index in [1.165, 1.54) is 0 Å². The largest absolute Gasteiger partial charge is 0.380 e. The fourth-order valence-corrected chi connectivity index (χ4v) is 3.71. The topological polar surface area (TPSA) is 94.1 Å². The summed E-state index contributed by atoms with van der Waals surface area (Å²) in [5, 5.41) is 13.4. The van der Waals surface area contributed by atoms with Crippen LogP contribution in [0.5, 0.6) is 0 Å². The number of hydrogen-bond acceptors (Lipinski definition) is 5. The first-order valence-electron chi connectivity index (χ1n) is 8.89. The molecule has 3 N–H and O–H groups in total. The van der Waals surface area contributed by atoms with Gasteiger partial charge in [-0.1, -0.05) is 0 Å². The Bertz CT molecular complexity index is 740. The normalized spacial score (nSPS) is 22.3. The second-order valence-electron chi connectivity index (χ2n) is 6.97. The number of aromatic amines is 1. The minimum Gasteiger partial charge on any atom is -0.380 e. The molecule has 2 fully saturated rings. The third kappa shape index (κ3) is 3.24. The van der Waals surface area contributed by atoms with E-state index in [2.05, 4.69) is 25.2 Å². The number of carbonyl (C=O) groups excluding carboxylic acids is 1. The van der Waals surface area contributed by atoms with E-state index in [1.807, 2.05) is 24.4 Å². The number of nitrogens with one attached hydrogen (secondary N) is 2. The van der Waals surface area contributed by atoms with E-state index < -0.39 is 5.60 Å². The Morgan fingerprint density at radius 1 is 1.36 bits per heavy atom. The van der Waals surface area contributed by atoms with Crippen molar-refractivity contribution in [1.82, 2.24) is 20.3 Å². The third-order valence-electron chi connectivity index (χ3n) is 5.18. The van der Waals surface area contributed by atoms with Gasteiger partial charge in [-0.15, -0.1) is 0 Å². The van der Waals surface area contributed by atoms with Crippen LogP contribution in [0.2, 0.25) is 0 Å². The van der Waals surface area contributed by atoms with Crippen LogP contribution in [0.1, 0.15) is 32.1 Å². The van der Waals surface area contributed by atoms with E-state index in [4.69, 9.17) is 0 Å². The smallest absolute Gasteiger partial charge is 0.252 e. The lowest BCUT2D eigenvalue weighted by molar-refractivity contribution is -0.139. The molecule has 1 unspecified atom stereocenters.